The number of hydrogen-bond acceptors (Lipinski definition) is 2. The van der Waals surface area contributed by atoms with Crippen LogP contribution in [0.25, 0.3) is 0 Å². The Labute approximate surface area is 143 Å². The zero-order valence-electron chi connectivity index (χ0n) is 13.8. The quantitative estimate of drug-likeness (QED) is 0.869. The van der Waals surface area contributed by atoms with Gasteiger partial charge in [0.05, 0.1) is 12.6 Å². The van der Waals surface area contributed by atoms with Crippen molar-refractivity contribution in [2.45, 2.75) is 26.4 Å². The maximum absolute atomic E-state index is 12.2. The molecule has 0 saturated heterocycles. The first-order chi connectivity index (χ1) is 11.0. The van der Waals surface area contributed by atoms with Crippen molar-refractivity contribution in [1.29, 1.82) is 0 Å². The Morgan fingerprint density at radius 2 is 1.96 bits per heavy atom. The van der Waals surface area contributed by atoms with Gasteiger partial charge in [0.25, 0.3) is 0 Å². The van der Waals surface area contributed by atoms with E-state index in [1.165, 1.54) is 11.1 Å². The number of nitrogens with one attached hydrogen (secondary N) is 1. The highest BCUT2D eigenvalue weighted by Crippen LogP contribution is 2.17. The third kappa shape index (κ3) is 5.38. The summed E-state index contributed by atoms with van der Waals surface area (Å²) in [7, 11) is 1.95. The Morgan fingerprint density at radius 1 is 1.22 bits per heavy atom. The highest BCUT2D eigenvalue weighted by Gasteiger charge is 2.12. The Hall–Kier alpha value is -1.84. The summed E-state index contributed by atoms with van der Waals surface area (Å²) >= 11 is 5.99. The summed E-state index contributed by atoms with van der Waals surface area (Å²) in [6, 6.07) is 15.7. The Bertz CT molecular complexity index is 672. The SMILES string of the molecule is Cc1ccccc1CN(C)CC(=O)NC(C)c1cccc(Cl)c1. The van der Waals surface area contributed by atoms with Gasteiger partial charge >= 0.3 is 0 Å². The van der Waals surface area contributed by atoms with Crippen LogP contribution < -0.4 is 5.32 Å². The second-order valence-corrected chi connectivity index (χ2v) is 6.38. The van der Waals surface area contributed by atoms with Gasteiger partial charge in [0.2, 0.25) is 5.91 Å². The summed E-state index contributed by atoms with van der Waals surface area (Å²) in [5.74, 6) is 0.00793. The summed E-state index contributed by atoms with van der Waals surface area (Å²) < 4.78 is 0. The molecule has 1 amide bonds. The normalized spacial score (nSPS) is 12.2. The standard InChI is InChI=1S/C19H23ClN2O/c1-14-7-4-5-8-17(14)12-22(3)13-19(23)21-15(2)16-9-6-10-18(20)11-16/h4-11,15H,12-13H2,1-3H3,(H,21,23). The third-order valence-corrected chi connectivity index (χ3v) is 4.08. The minimum absolute atomic E-state index is 0.00793. The van der Waals surface area contributed by atoms with E-state index in [1.54, 1.807) is 0 Å². The van der Waals surface area contributed by atoms with Crippen LogP contribution in [0.1, 0.15) is 29.7 Å². The molecule has 0 saturated carbocycles. The molecule has 0 bridgehead atoms. The van der Waals surface area contributed by atoms with Crippen LogP contribution in [0.15, 0.2) is 48.5 Å². The number of amides is 1. The molecule has 0 heterocycles. The lowest BCUT2D eigenvalue weighted by atomic mass is 10.1. The highest BCUT2D eigenvalue weighted by atomic mass is 35.5. The fraction of sp³-hybridized carbons (Fsp3) is 0.316. The third-order valence-electron chi connectivity index (χ3n) is 3.84. The summed E-state index contributed by atoms with van der Waals surface area (Å²) in [5, 5.41) is 3.70. The molecule has 3 nitrogen and oxygen atoms in total. The summed E-state index contributed by atoms with van der Waals surface area (Å²) in [5.41, 5.74) is 3.49. The van der Waals surface area contributed by atoms with E-state index in [9.17, 15) is 4.79 Å². The van der Waals surface area contributed by atoms with Gasteiger partial charge < -0.3 is 5.32 Å². The molecular formula is C19H23ClN2O. The predicted molar refractivity (Wildman–Crippen MR) is 95.5 cm³/mol. The molecule has 0 spiro atoms. The van der Waals surface area contributed by atoms with Gasteiger partial charge in [-0.05, 0) is 49.7 Å². The zero-order valence-corrected chi connectivity index (χ0v) is 14.6. The number of halogens is 1. The molecule has 0 aromatic heterocycles. The van der Waals surface area contributed by atoms with Gasteiger partial charge in [0.1, 0.15) is 0 Å². The van der Waals surface area contributed by atoms with Crippen LogP contribution in [0.5, 0.6) is 0 Å². The molecular weight excluding hydrogens is 308 g/mol. The molecule has 0 aliphatic rings. The van der Waals surface area contributed by atoms with Crippen LogP contribution in [0.2, 0.25) is 5.02 Å². The van der Waals surface area contributed by atoms with E-state index in [4.69, 9.17) is 11.6 Å². The molecule has 122 valence electrons. The second kappa shape index (κ2) is 8.14. The van der Waals surface area contributed by atoms with Crippen molar-refractivity contribution in [3.8, 4) is 0 Å². The number of nitrogens with zero attached hydrogens (tertiary/aromatic N) is 1. The maximum Gasteiger partial charge on any atom is 0.234 e. The lowest BCUT2D eigenvalue weighted by molar-refractivity contribution is -0.122. The van der Waals surface area contributed by atoms with E-state index >= 15 is 0 Å². The van der Waals surface area contributed by atoms with Crippen molar-refractivity contribution in [3.63, 3.8) is 0 Å². The Balaban J connectivity index is 1.88. The van der Waals surface area contributed by atoms with Gasteiger partial charge in [-0.25, -0.2) is 0 Å². The lowest BCUT2D eigenvalue weighted by Crippen LogP contribution is -2.36. The largest absolute Gasteiger partial charge is 0.348 e. The van der Waals surface area contributed by atoms with Crippen molar-refractivity contribution in [3.05, 3.63) is 70.2 Å². The van der Waals surface area contributed by atoms with Gasteiger partial charge in [0.15, 0.2) is 0 Å². The highest BCUT2D eigenvalue weighted by molar-refractivity contribution is 6.30. The van der Waals surface area contributed by atoms with E-state index in [2.05, 4.69) is 24.4 Å². The van der Waals surface area contributed by atoms with Gasteiger partial charge in [-0.1, -0.05) is 48.0 Å². The van der Waals surface area contributed by atoms with Crippen molar-refractivity contribution in [2.24, 2.45) is 0 Å². The maximum atomic E-state index is 12.2. The molecule has 0 aliphatic carbocycles. The minimum Gasteiger partial charge on any atom is -0.348 e. The molecule has 2 rings (SSSR count). The van der Waals surface area contributed by atoms with E-state index in [-0.39, 0.29) is 11.9 Å². The summed E-state index contributed by atoms with van der Waals surface area (Å²) in [4.78, 5) is 14.2. The number of benzene rings is 2. The Kier molecular flexibility index (Phi) is 6.20. The fourth-order valence-corrected chi connectivity index (χ4v) is 2.72. The van der Waals surface area contributed by atoms with Crippen molar-refractivity contribution in [1.82, 2.24) is 10.2 Å². The van der Waals surface area contributed by atoms with Gasteiger partial charge in [0, 0.05) is 11.6 Å². The van der Waals surface area contributed by atoms with Crippen LogP contribution >= 0.6 is 11.6 Å². The topological polar surface area (TPSA) is 32.3 Å². The first-order valence-electron chi connectivity index (χ1n) is 7.73. The smallest absolute Gasteiger partial charge is 0.234 e. The van der Waals surface area contributed by atoms with Crippen molar-refractivity contribution >= 4 is 17.5 Å². The van der Waals surface area contributed by atoms with Crippen LogP contribution in [0.4, 0.5) is 0 Å². The van der Waals surface area contributed by atoms with Gasteiger partial charge in [-0.2, -0.15) is 0 Å². The van der Waals surface area contributed by atoms with Crippen LogP contribution in [-0.2, 0) is 11.3 Å². The molecule has 0 fully saturated rings. The first kappa shape index (κ1) is 17.5. The predicted octanol–water partition coefficient (Wildman–Crippen LogP) is 3.96. The summed E-state index contributed by atoms with van der Waals surface area (Å²) in [6.07, 6.45) is 0. The van der Waals surface area contributed by atoms with E-state index in [1.807, 2.05) is 55.3 Å². The number of hydrogen-bond donors (Lipinski definition) is 1. The molecule has 1 N–H and O–H groups in total. The second-order valence-electron chi connectivity index (χ2n) is 5.94. The van der Waals surface area contributed by atoms with E-state index in [0.29, 0.717) is 11.6 Å². The van der Waals surface area contributed by atoms with Crippen molar-refractivity contribution < 1.29 is 4.79 Å². The number of likely N-dealkylation sites (N-methyl/N-ethyl adjacent to an activating group) is 1. The summed E-state index contributed by atoms with van der Waals surface area (Å²) in [6.45, 7) is 5.17. The molecule has 0 aliphatic heterocycles. The van der Waals surface area contributed by atoms with Crippen LogP contribution in [0, 0.1) is 6.92 Å². The molecule has 2 aromatic carbocycles. The molecule has 2 aromatic rings. The zero-order chi connectivity index (χ0) is 16.8. The number of carbonyl (C=O) groups excluding carboxylic acids is 1. The number of rotatable bonds is 6. The number of aryl methyl sites for hydroxylation is 1. The average molecular weight is 331 g/mol. The van der Waals surface area contributed by atoms with E-state index < -0.39 is 0 Å². The average Bonchev–Trinajstić information content (AvgIpc) is 2.49. The van der Waals surface area contributed by atoms with Crippen molar-refractivity contribution in [2.75, 3.05) is 13.6 Å². The molecule has 0 radical (unpaired) electrons. The molecule has 4 heteroatoms. The minimum atomic E-state index is -0.0620. The fourth-order valence-electron chi connectivity index (χ4n) is 2.53. The molecule has 1 unspecified atom stereocenters. The van der Waals surface area contributed by atoms with Crippen LogP contribution in [0.3, 0.4) is 0 Å². The Morgan fingerprint density at radius 3 is 2.65 bits per heavy atom. The van der Waals surface area contributed by atoms with E-state index in [0.717, 1.165) is 12.1 Å². The van der Waals surface area contributed by atoms with Gasteiger partial charge in [-0.15, -0.1) is 0 Å². The first-order valence-corrected chi connectivity index (χ1v) is 8.11. The van der Waals surface area contributed by atoms with Crippen LogP contribution in [-0.4, -0.2) is 24.4 Å². The molecule has 1 atom stereocenters. The lowest BCUT2D eigenvalue weighted by Gasteiger charge is -2.20. The monoisotopic (exact) mass is 330 g/mol. The van der Waals surface area contributed by atoms with Gasteiger partial charge in [-0.3, -0.25) is 9.69 Å². The molecule has 23 heavy (non-hydrogen) atoms. The number of carbonyl (C=O) groups is 1.